The number of halogens is 1. The van der Waals surface area contributed by atoms with Gasteiger partial charge in [-0.25, -0.2) is 9.97 Å². The number of aliphatic hydroxyl groups excluding tert-OH is 1. The van der Waals surface area contributed by atoms with E-state index >= 15 is 0 Å². The third-order valence-electron chi connectivity index (χ3n) is 2.19. The van der Waals surface area contributed by atoms with Crippen molar-refractivity contribution >= 4 is 17.5 Å². The molecule has 0 amide bonds. The van der Waals surface area contributed by atoms with E-state index in [1.165, 1.54) is 0 Å². The summed E-state index contributed by atoms with van der Waals surface area (Å²) >= 11 is 5.70. The van der Waals surface area contributed by atoms with E-state index in [4.69, 9.17) is 16.7 Å². The molecule has 0 atom stereocenters. The molecular weight excluding hydrogens is 202 g/mol. The van der Waals surface area contributed by atoms with Gasteiger partial charge in [-0.3, -0.25) is 0 Å². The molecule has 1 aliphatic rings. The molecular formula is C9H12ClN3O. The summed E-state index contributed by atoms with van der Waals surface area (Å²) in [4.78, 5) is 10.3. The average Bonchev–Trinajstić information content (AvgIpc) is 2.99. The van der Waals surface area contributed by atoms with Crippen LogP contribution < -0.4 is 4.90 Å². The second kappa shape index (κ2) is 4.11. The molecule has 1 aliphatic carbocycles. The van der Waals surface area contributed by atoms with E-state index in [0.717, 1.165) is 12.8 Å². The van der Waals surface area contributed by atoms with Gasteiger partial charge in [-0.1, -0.05) is 11.6 Å². The van der Waals surface area contributed by atoms with Crippen molar-refractivity contribution in [1.82, 2.24) is 9.97 Å². The number of aliphatic hydroxyl groups is 1. The van der Waals surface area contributed by atoms with Crippen molar-refractivity contribution in [3.05, 3.63) is 17.4 Å². The molecule has 0 aromatic carbocycles. The summed E-state index contributed by atoms with van der Waals surface area (Å²) in [5.41, 5.74) is 0. The third-order valence-corrected chi connectivity index (χ3v) is 2.39. The minimum absolute atomic E-state index is 0.127. The molecule has 1 N–H and O–H groups in total. The number of hydrogen-bond acceptors (Lipinski definition) is 4. The summed E-state index contributed by atoms with van der Waals surface area (Å²) < 4.78 is 0. The van der Waals surface area contributed by atoms with Gasteiger partial charge in [0.05, 0.1) is 24.0 Å². The summed E-state index contributed by atoms with van der Waals surface area (Å²) in [6, 6.07) is 0.503. The Morgan fingerprint density at radius 3 is 2.57 bits per heavy atom. The third kappa shape index (κ3) is 2.13. The Kier molecular flexibility index (Phi) is 2.84. The lowest BCUT2D eigenvalue weighted by molar-refractivity contribution is 0.300. The van der Waals surface area contributed by atoms with Gasteiger partial charge in [-0.2, -0.15) is 0 Å². The molecule has 1 aromatic rings. The Balaban J connectivity index is 2.13. The molecule has 0 saturated heterocycles. The fourth-order valence-corrected chi connectivity index (χ4v) is 1.49. The fourth-order valence-electron chi connectivity index (χ4n) is 1.39. The zero-order valence-corrected chi connectivity index (χ0v) is 8.48. The maximum Gasteiger partial charge on any atom is 0.225 e. The monoisotopic (exact) mass is 213 g/mol. The molecule has 0 aliphatic heterocycles. The highest BCUT2D eigenvalue weighted by Gasteiger charge is 2.30. The van der Waals surface area contributed by atoms with Gasteiger partial charge in [0.1, 0.15) is 0 Å². The first-order chi connectivity index (χ1) is 6.81. The minimum atomic E-state index is 0.127. The lowest BCUT2D eigenvalue weighted by Gasteiger charge is -2.20. The molecule has 2 rings (SSSR count). The Morgan fingerprint density at radius 2 is 2.07 bits per heavy atom. The maximum absolute atomic E-state index is 8.91. The zero-order valence-electron chi connectivity index (χ0n) is 7.73. The Bertz CT molecular complexity index is 299. The van der Waals surface area contributed by atoms with Gasteiger partial charge in [0, 0.05) is 12.6 Å². The number of rotatable bonds is 4. The minimum Gasteiger partial charge on any atom is -0.395 e. The van der Waals surface area contributed by atoms with Crippen LogP contribution in [-0.2, 0) is 0 Å². The van der Waals surface area contributed by atoms with Gasteiger partial charge in [0.25, 0.3) is 0 Å². The first kappa shape index (κ1) is 9.68. The SMILES string of the molecule is OCCN(c1ncc(Cl)cn1)C1CC1. The Hall–Kier alpha value is -0.870. The number of aromatic nitrogens is 2. The van der Waals surface area contributed by atoms with Gasteiger partial charge < -0.3 is 10.0 Å². The van der Waals surface area contributed by atoms with Crippen LogP contribution in [0.15, 0.2) is 12.4 Å². The van der Waals surface area contributed by atoms with Crippen LogP contribution in [0.1, 0.15) is 12.8 Å². The van der Waals surface area contributed by atoms with Crippen LogP contribution in [0.2, 0.25) is 5.02 Å². The first-order valence-electron chi connectivity index (χ1n) is 4.66. The van der Waals surface area contributed by atoms with E-state index in [2.05, 4.69) is 9.97 Å². The smallest absolute Gasteiger partial charge is 0.225 e. The molecule has 1 fully saturated rings. The van der Waals surface area contributed by atoms with Crippen LogP contribution in [0.25, 0.3) is 0 Å². The lowest BCUT2D eigenvalue weighted by Crippen LogP contribution is -2.30. The van der Waals surface area contributed by atoms with Crippen LogP contribution in [-0.4, -0.2) is 34.3 Å². The highest BCUT2D eigenvalue weighted by molar-refractivity contribution is 6.30. The predicted molar refractivity (Wildman–Crippen MR) is 54.5 cm³/mol. The summed E-state index contributed by atoms with van der Waals surface area (Å²) in [5, 5.41) is 9.44. The number of hydrogen-bond donors (Lipinski definition) is 1. The van der Waals surface area contributed by atoms with Crippen LogP contribution in [0, 0.1) is 0 Å². The molecule has 5 heteroatoms. The lowest BCUT2D eigenvalue weighted by atomic mass is 10.5. The first-order valence-corrected chi connectivity index (χ1v) is 5.04. The van der Waals surface area contributed by atoms with E-state index in [-0.39, 0.29) is 6.61 Å². The molecule has 1 saturated carbocycles. The van der Waals surface area contributed by atoms with Gasteiger partial charge in [-0.15, -0.1) is 0 Å². The summed E-state index contributed by atoms with van der Waals surface area (Å²) in [6.07, 6.45) is 5.48. The van der Waals surface area contributed by atoms with Gasteiger partial charge in [0.2, 0.25) is 5.95 Å². The van der Waals surface area contributed by atoms with Crippen molar-refractivity contribution in [3.63, 3.8) is 0 Å². The molecule has 0 unspecified atom stereocenters. The summed E-state index contributed by atoms with van der Waals surface area (Å²) in [6.45, 7) is 0.717. The summed E-state index contributed by atoms with van der Waals surface area (Å²) in [5.74, 6) is 0.658. The van der Waals surface area contributed by atoms with Crippen molar-refractivity contribution in [2.24, 2.45) is 0 Å². The average molecular weight is 214 g/mol. The van der Waals surface area contributed by atoms with Crippen LogP contribution in [0.3, 0.4) is 0 Å². The zero-order chi connectivity index (χ0) is 9.97. The number of nitrogens with zero attached hydrogens (tertiary/aromatic N) is 3. The highest BCUT2D eigenvalue weighted by Crippen LogP contribution is 2.29. The molecule has 14 heavy (non-hydrogen) atoms. The van der Waals surface area contributed by atoms with Crippen LogP contribution in [0.5, 0.6) is 0 Å². The predicted octanol–water partition coefficient (Wildman–Crippen LogP) is 1.09. The summed E-state index contributed by atoms with van der Waals surface area (Å²) in [7, 11) is 0. The molecule has 76 valence electrons. The van der Waals surface area contributed by atoms with Gasteiger partial charge in [-0.05, 0) is 12.8 Å². The standard InChI is InChI=1S/C9H12ClN3O/c10-7-5-11-9(12-6-7)13(3-4-14)8-1-2-8/h5-6,8,14H,1-4H2. The van der Waals surface area contributed by atoms with Crippen molar-refractivity contribution in [2.45, 2.75) is 18.9 Å². The van der Waals surface area contributed by atoms with Crippen LogP contribution in [0.4, 0.5) is 5.95 Å². The topological polar surface area (TPSA) is 49.2 Å². The van der Waals surface area contributed by atoms with Gasteiger partial charge in [0.15, 0.2) is 0 Å². The van der Waals surface area contributed by atoms with Crippen LogP contribution >= 0.6 is 11.6 Å². The quantitative estimate of drug-likeness (QED) is 0.814. The highest BCUT2D eigenvalue weighted by atomic mass is 35.5. The van der Waals surface area contributed by atoms with E-state index < -0.39 is 0 Å². The Morgan fingerprint density at radius 1 is 1.43 bits per heavy atom. The fraction of sp³-hybridized carbons (Fsp3) is 0.556. The molecule has 1 aromatic heterocycles. The second-order valence-electron chi connectivity index (χ2n) is 3.35. The normalized spacial score (nSPS) is 15.6. The largest absolute Gasteiger partial charge is 0.395 e. The van der Waals surface area contributed by atoms with E-state index in [1.54, 1.807) is 12.4 Å². The van der Waals surface area contributed by atoms with E-state index in [9.17, 15) is 0 Å². The van der Waals surface area contributed by atoms with Crippen molar-refractivity contribution in [1.29, 1.82) is 0 Å². The van der Waals surface area contributed by atoms with Crippen molar-refractivity contribution in [2.75, 3.05) is 18.1 Å². The molecule has 0 bridgehead atoms. The van der Waals surface area contributed by atoms with Crippen molar-refractivity contribution in [3.8, 4) is 0 Å². The number of anilines is 1. The molecule has 4 nitrogen and oxygen atoms in total. The second-order valence-corrected chi connectivity index (χ2v) is 3.79. The van der Waals surface area contributed by atoms with Crippen molar-refractivity contribution < 1.29 is 5.11 Å². The molecule has 1 heterocycles. The molecule has 0 radical (unpaired) electrons. The van der Waals surface area contributed by atoms with E-state index in [0.29, 0.717) is 23.6 Å². The molecule has 0 spiro atoms. The maximum atomic E-state index is 8.91. The Labute approximate surface area is 87.5 Å². The van der Waals surface area contributed by atoms with Gasteiger partial charge >= 0.3 is 0 Å². The van der Waals surface area contributed by atoms with E-state index in [1.807, 2.05) is 4.90 Å².